The molecule has 0 saturated carbocycles. The molecule has 138 valence electrons. The molecule has 2 aromatic carbocycles. The molecule has 0 aliphatic rings. The minimum atomic E-state index is -0.757. The molecule has 0 saturated heterocycles. The maximum atomic E-state index is 12.0. The molecule has 2 aromatic rings. The quantitative estimate of drug-likeness (QED) is 0.430. The number of nitrogen functional groups attached to an aromatic ring is 1. The second-order valence-corrected chi connectivity index (χ2v) is 5.88. The van der Waals surface area contributed by atoms with Gasteiger partial charge in [0.1, 0.15) is 12.4 Å². The van der Waals surface area contributed by atoms with Gasteiger partial charge in [0.05, 0.1) is 24.1 Å². The number of para-hydroxylation sites is 2. The number of anilines is 2. The number of carbonyl (C=O) groups excluding carboxylic acids is 1. The SMILES string of the molecule is C[C@@H](/C=C/C(=O)Nc1ccccc1N)[C@H](O)c1ccc(OCCO)cc1. The third-order valence-electron chi connectivity index (χ3n) is 3.85. The van der Waals surface area contributed by atoms with Crippen LogP contribution < -0.4 is 15.8 Å². The van der Waals surface area contributed by atoms with Gasteiger partial charge in [0.15, 0.2) is 0 Å². The molecule has 6 nitrogen and oxygen atoms in total. The number of benzene rings is 2. The van der Waals surface area contributed by atoms with Crippen LogP contribution in [0.3, 0.4) is 0 Å². The summed E-state index contributed by atoms with van der Waals surface area (Å²) in [4.78, 5) is 12.0. The Balaban J connectivity index is 1.93. The van der Waals surface area contributed by atoms with Crippen LogP contribution in [0.5, 0.6) is 5.75 Å². The van der Waals surface area contributed by atoms with Gasteiger partial charge >= 0.3 is 0 Å². The predicted molar refractivity (Wildman–Crippen MR) is 102 cm³/mol. The second kappa shape index (κ2) is 9.60. The highest BCUT2D eigenvalue weighted by molar-refractivity contribution is 6.01. The molecule has 6 heteroatoms. The zero-order valence-corrected chi connectivity index (χ0v) is 14.6. The van der Waals surface area contributed by atoms with Crippen molar-refractivity contribution in [3.05, 3.63) is 66.2 Å². The second-order valence-electron chi connectivity index (χ2n) is 5.88. The lowest BCUT2D eigenvalue weighted by atomic mass is 9.97. The van der Waals surface area contributed by atoms with E-state index in [0.29, 0.717) is 22.7 Å². The van der Waals surface area contributed by atoms with E-state index < -0.39 is 6.10 Å². The summed E-state index contributed by atoms with van der Waals surface area (Å²) in [5.74, 6) is 0.0470. The summed E-state index contributed by atoms with van der Waals surface area (Å²) in [6.07, 6.45) is 2.28. The van der Waals surface area contributed by atoms with Crippen molar-refractivity contribution in [3.8, 4) is 5.75 Å². The summed E-state index contributed by atoms with van der Waals surface area (Å²) in [6, 6.07) is 14.0. The summed E-state index contributed by atoms with van der Waals surface area (Å²) in [5.41, 5.74) is 7.54. The molecule has 0 fully saturated rings. The molecule has 0 aromatic heterocycles. The summed E-state index contributed by atoms with van der Waals surface area (Å²) < 4.78 is 5.29. The summed E-state index contributed by atoms with van der Waals surface area (Å²) in [6.45, 7) is 1.99. The maximum absolute atomic E-state index is 12.0. The van der Waals surface area contributed by atoms with Crippen molar-refractivity contribution in [2.45, 2.75) is 13.0 Å². The van der Waals surface area contributed by atoms with Gasteiger partial charge in [-0.15, -0.1) is 0 Å². The Morgan fingerprint density at radius 1 is 1.23 bits per heavy atom. The van der Waals surface area contributed by atoms with Crippen LogP contribution in [0.25, 0.3) is 0 Å². The molecule has 0 radical (unpaired) electrons. The van der Waals surface area contributed by atoms with Crippen LogP contribution in [0.4, 0.5) is 11.4 Å². The molecule has 5 N–H and O–H groups in total. The van der Waals surface area contributed by atoms with Crippen LogP contribution in [0.15, 0.2) is 60.7 Å². The van der Waals surface area contributed by atoms with Gasteiger partial charge < -0.3 is 26.0 Å². The van der Waals surface area contributed by atoms with Crippen LogP contribution >= 0.6 is 0 Å². The van der Waals surface area contributed by atoms with Crippen molar-refractivity contribution in [2.75, 3.05) is 24.3 Å². The standard InChI is InChI=1S/C20H24N2O4/c1-14(6-11-19(24)22-18-5-3-2-4-17(18)21)20(25)15-7-9-16(10-8-15)26-13-12-23/h2-11,14,20,23,25H,12-13,21H2,1H3,(H,22,24)/b11-6+/t14-,20-/m0/s1. The average molecular weight is 356 g/mol. The first-order valence-electron chi connectivity index (χ1n) is 8.36. The molecular weight excluding hydrogens is 332 g/mol. The third-order valence-corrected chi connectivity index (χ3v) is 3.85. The maximum Gasteiger partial charge on any atom is 0.248 e. The zero-order chi connectivity index (χ0) is 18.9. The lowest BCUT2D eigenvalue weighted by Gasteiger charge is -2.16. The van der Waals surface area contributed by atoms with E-state index >= 15 is 0 Å². The van der Waals surface area contributed by atoms with Gasteiger partial charge in [-0.05, 0) is 35.9 Å². The number of nitrogens with one attached hydrogen (secondary N) is 1. The summed E-state index contributed by atoms with van der Waals surface area (Å²) in [5, 5.41) is 21.9. The van der Waals surface area contributed by atoms with E-state index in [0.717, 1.165) is 0 Å². The molecule has 1 amide bonds. The van der Waals surface area contributed by atoms with E-state index in [9.17, 15) is 9.90 Å². The highest BCUT2D eigenvalue weighted by atomic mass is 16.5. The van der Waals surface area contributed by atoms with Gasteiger partial charge in [-0.25, -0.2) is 0 Å². The van der Waals surface area contributed by atoms with E-state index in [4.69, 9.17) is 15.6 Å². The van der Waals surface area contributed by atoms with E-state index in [1.807, 2.05) is 6.92 Å². The topological polar surface area (TPSA) is 105 Å². The van der Waals surface area contributed by atoms with Crippen molar-refractivity contribution in [3.63, 3.8) is 0 Å². The van der Waals surface area contributed by atoms with Gasteiger partial charge in [0, 0.05) is 5.92 Å². The third kappa shape index (κ3) is 5.61. The van der Waals surface area contributed by atoms with Gasteiger partial charge in [-0.2, -0.15) is 0 Å². The van der Waals surface area contributed by atoms with Crippen molar-refractivity contribution in [2.24, 2.45) is 5.92 Å². The fourth-order valence-corrected chi connectivity index (χ4v) is 2.36. The van der Waals surface area contributed by atoms with Crippen LogP contribution in [0.1, 0.15) is 18.6 Å². The molecule has 0 spiro atoms. The number of hydrogen-bond acceptors (Lipinski definition) is 5. The van der Waals surface area contributed by atoms with Gasteiger partial charge in [-0.3, -0.25) is 4.79 Å². The van der Waals surface area contributed by atoms with Gasteiger partial charge in [0.25, 0.3) is 0 Å². The number of aliphatic hydroxyl groups is 2. The van der Waals surface area contributed by atoms with E-state index in [2.05, 4.69) is 5.32 Å². The minimum Gasteiger partial charge on any atom is -0.491 e. The first-order chi connectivity index (χ1) is 12.5. The number of hydrogen-bond donors (Lipinski definition) is 4. The lowest BCUT2D eigenvalue weighted by Crippen LogP contribution is -2.12. The van der Waals surface area contributed by atoms with E-state index in [1.165, 1.54) is 6.08 Å². The smallest absolute Gasteiger partial charge is 0.248 e. The average Bonchev–Trinajstić information content (AvgIpc) is 2.66. The first-order valence-corrected chi connectivity index (χ1v) is 8.36. The Hall–Kier alpha value is -2.83. The van der Waals surface area contributed by atoms with Crippen molar-refractivity contribution in [1.82, 2.24) is 0 Å². The monoisotopic (exact) mass is 356 g/mol. The fourth-order valence-electron chi connectivity index (χ4n) is 2.36. The minimum absolute atomic E-state index is 0.0527. The number of amides is 1. The van der Waals surface area contributed by atoms with E-state index in [-0.39, 0.29) is 25.0 Å². The predicted octanol–water partition coefficient (Wildman–Crippen LogP) is 2.50. The number of rotatable bonds is 8. The van der Waals surface area contributed by atoms with E-state index in [1.54, 1.807) is 54.6 Å². The Morgan fingerprint density at radius 2 is 1.92 bits per heavy atom. The number of carbonyl (C=O) groups is 1. The molecule has 26 heavy (non-hydrogen) atoms. The van der Waals surface area contributed by atoms with Crippen molar-refractivity contribution < 1.29 is 19.7 Å². The highest BCUT2D eigenvalue weighted by Gasteiger charge is 2.14. The lowest BCUT2D eigenvalue weighted by molar-refractivity contribution is -0.111. The summed E-state index contributed by atoms with van der Waals surface area (Å²) in [7, 11) is 0. The first kappa shape index (κ1) is 19.5. The van der Waals surface area contributed by atoms with Crippen LogP contribution in [0, 0.1) is 5.92 Å². The number of ether oxygens (including phenoxy) is 1. The van der Waals surface area contributed by atoms with Crippen molar-refractivity contribution in [1.29, 1.82) is 0 Å². The molecule has 2 atom stereocenters. The Labute approximate surface area is 152 Å². The Bertz CT molecular complexity index is 744. The molecule has 0 heterocycles. The van der Waals surface area contributed by atoms with Crippen molar-refractivity contribution >= 4 is 17.3 Å². The molecule has 0 unspecified atom stereocenters. The number of nitrogens with two attached hydrogens (primary N) is 1. The zero-order valence-electron chi connectivity index (χ0n) is 14.6. The molecular formula is C20H24N2O4. The normalized spacial score (nSPS) is 13.3. The summed E-state index contributed by atoms with van der Waals surface area (Å²) >= 11 is 0. The highest BCUT2D eigenvalue weighted by Crippen LogP contribution is 2.25. The van der Waals surface area contributed by atoms with Gasteiger partial charge in [0.2, 0.25) is 5.91 Å². The molecule has 2 rings (SSSR count). The molecule has 0 bridgehead atoms. The van der Waals surface area contributed by atoms with Crippen LogP contribution in [0.2, 0.25) is 0 Å². The van der Waals surface area contributed by atoms with Crippen LogP contribution in [-0.4, -0.2) is 29.3 Å². The largest absolute Gasteiger partial charge is 0.491 e. The Morgan fingerprint density at radius 3 is 2.58 bits per heavy atom. The Kier molecular flexibility index (Phi) is 7.20. The molecule has 0 aliphatic carbocycles. The molecule has 0 aliphatic heterocycles. The van der Waals surface area contributed by atoms with Crippen LogP contribution in [-0.2, 0) is 4.79 Å². The number of aliphatic hydroxyl groups excluding tert-OH is 2. The van der Waals surface area contributed by atoms with Gasteiger partial charge in [-0.1, -0.05) is 37.3 Å². The fraction of sp³-hybridized carbons (Fsp3) is 0.250.